The van der Waals surface area contributed by atoms with Crippen molar-refractivity contribution in [2.24, 2.45) is 0 Å². The SMILES string of the molecule is CCCCCc1cc(O)c(C/C=C(\C)CCC=C(C)C)c(OCCCC)c1. The maximum absolute atomic E-state index is 10.6. The van der Waals surface area contributed by atoms with E-state index in [9.17, 15) is 5.11 Å². The second kappa shape index (κ2) is 13.5. The first-order valence-corrected chi connectivity index (χ1v) is 10.7. The third kappa shape index (κ3) is 9.70. The molecular formula is C25H40O2. The zero-order valence-corrected chi connectivity index (χ0v) is 18.2. The molecule has 0 amide bonds. The van der Waals surface area contributed by atoms with E-state index in [0.717, 1.165) is 56.3 Å². The number of phenolic OH excluding ortho intramolecular Hbond substituents is 1. The van der Waals surface area contributed by atoms with E-state index in [0.29, 0.717) is 12.4 Å². The Morgan fingerprint density at radius 1 is 1.00 bits per heavy atom. The van der Waals surface area contributed by atoms with Crippen LogP contribution in [0.25, 0.3) is 0 Å². The van der Waals surface area contributed by atoms with E-state index in [1.807, 2.05) is 6.07 Å². The quantitative estimate of drug-likeness (QED) is 0.286. The standard InChI is InChI=1S/C25H40O2/c1-6-8-10-14-22-18-24(26)23(25(19-22)27-17-9-7-2)16-15-21(5)13-11-12-20(3)4/h12,15,18-19,26H,6-11,13-14,16-17H2,1-5H3/b21-15+. The van der Waals surface area contributed by atoms with E-state index in [4.69, 9.17) is 4.74 Å². The fourth-order valence-electron chi connectivity index (χ4n) is 3.04. The number of aromatic hydroxyl groups is 1. The van der Waals surface area contributed by atoms with Crippen molar-refractivity contribution in [1.82, 2.24) is 0 Å². The van der Waals surface area contributed by atoms with E-state index in [1.165, 1.54) is 29.6 Å². The molecule has 0 aliphatic rings. The average molecular weight is 373 g/mol. The van der Waals surface area contributed by atoms with Crippen LogP contribution in [0, 0.1) is 0 Å². The van der Waals surface area contributed by atoms with Crippen LogP contribution in [-0.4, -0.2) is 11.7 Å². The van der Waals surface area contributed by atoms with Crippen LogP contribution in [0.1, 0.15) is 90.7 Å². The minimum Gasteiger partial charge on any atom is -0.508 e. The summed E-state index contributed by atoms with van der Waals surface area (Å²) >= 11 is 0. The van der Waals surface area contributed by atoms with Gasteiger partial charge in [-0.1, -0.05) is 56.4 Å². The number of allylic oxidation sites excluding steroid dienone is 4. The largest absolute Gasteiger partial charge is 0.508 e. The Labute approximate surface area is 167 Å². The smallest absolute Gasteiger partial charge is 0.126 e. The summed E-state index contributed by atoms with van der Waals surface area (Å²) in [5.41, 5.74) is 4.83. The van der Waals surface area contributed by atoms with Crippen molar-refractivity contribution < 1.29 is 9.84 Å². The first-order chi connectivity index (χ1) is 13.0. The van der Waals surface area contributed by atoms with Crippen molar-refractivity contribution in [3.63, 3.8) is 0 Å². The molecule has 1 aromatic rings. The van der Waals surface area contributed by atoms with Gasteiger partial charge < -0.3 is 9.84 Å². The molecule has 1 N–H and O–H groups in total. The minimum atomic E-state index is 0.379. The van der Waals surface area contributed by atoms with Crippen molar-refractivity contribution in [2.75, 3.05) is 6.61 Å². The van der Waals surface area contributed by atoms with Gasteiger partial charge in [0.2, 0.25) is 0 Å². The van der Waals surface area contributed by atoms with Crippen molar-refractivity contribution in [1.29, 1.82) is 0 Å². The van der Waals surface area contributed by atoms with Gasteiger partial charge in [0.25, 0.3) is 0 Å². The normalized spacial score (nSPS) is 11.5. The highest BCUT2D eigenvalue weighted by atomic mass is 16.5. The fraction of sp³-hybridized carbons (Fsp3) is 0.600. The topological polar surface area (TPSA) is 29.5 Å². The van der Waals surface area contributed by atoms with E-state index < -0.39 is 0 Å². The summed E-state index contributed by atoms with van der Waals surface area (Å²) in [4.78, 5) is 0. The number of ether oxygens (including phenoxy) is 1. The highest BCUT2D eigenvalue weighted by molar-refractivity contribution is 5.48. The van der Waals surface area contributed by atoms with Crippen LogP contribution in [0.5, 0.6) is 11.5 Å². The monoisotopic (exact) mass is 372 g/mol. The first-order valence-electron chi connectivity index (χ1n) is 10.7. The van der Waals surface area contributed by atoms with Gasteiger partial charge >= 0.3 is 0 Å². The summed E-state index contributed by atoms with van der Waals surface area (Å²) in [6, 6.07) is 4.08. The van der Waals surface area contributed by atoms with Crippen LogP contribution in [0.15, 0.2) is 35.4 Å². The number of hydrogen-bond acceptors (Lipinski definition) is 2. The Morgan fingerprint density at radius 3 is 2.41 bits per heavy atom. The molecule has 0 aliphatic heterocycles. The molecule has 0 aromatic heterocycles. The van der Waals surface area contributed by atoms with Crippen LogP contribution in [-0.2, 0) is 12.8 Å². The van der Waals surface area contributed by atoms with Crippen LogP contribution >= 0.6 is 0 Å². The highest BCUT2D eigenvalue weighted by Crippen LogP contribution is 2.32. The Kier molecular flexibility index (Phi) is 11.6. The van der Waals surface area contributed by atoms with Gasteiger partial charge in [0.05, 0.1) is 6.61 Å². The van der Waals surface area contributed by atoms with Gasteiger partial charge in [-0.3, -0.25) is 0 Å². The molecule has 2 nitrogen and oxygen atoms in total. The molecule has 1 rings (SSSR count). The molecular weight excluding hydrogens is 332 g/mol. The molecule has 0 saturated heterocycles. The average Bonchev–Trinajstić information content (AvgIpc) is 2.61. The lowest BCUT2D eigenvalue weighted by Gasteiger charge is -2.15. The van der Waals surface area contributed by atoms with Gasteiger partial charge in [-0.05, 0) is 77.0 Å². The van der Waals surface area contributed by atoms with Gasteiger partial charge in [-0.25, -0.2) is 0 Å². The molecule has 0 radical (unpaired) electrons. The maximum atomic E-state index is 10.6. The lowest BCUT2D eigenvalue weighted by molar-refractivity contribution is 0.304. The van der Waals surface area contributed by atoms with Crippen molar-refractivity contribution in [3.05, 3.63) is 46.6 Å². The van der Waals surface area contributed by atoms with Gasteiger partial charge in [-0.2, -0.15) is 0 Å². The summed E-state index contributed by atoms with van der Waals surface area (Å²) in [6.45, 7) is 11.5. The predicted molar refractivity (Wildman–Crippen MR) is 118 cm³/mol. The maximum Gasteiger partial charge on any atom is 0.126 e. The second-order valence-electron chi connectivity index (χ2n) is 7.83. The Balaban J connectivity index is 2.89. The summed E-state index contributed by atoms with van der Waals surface area (Å²) < 4.78 is 6.05. The third-order valence-electron chi connectivity index (χ3n) is 4.82. The lowest BCUT2D eigenvalue weighted by atomic mass is 10.00. The molecule has 1 aromatic carbocycles. The zero-order valence-electron chi connectivity index (χ0n) is 18.2. The molecule has 2 heteroatoms. The molecule has 27 heavy (non-hydrogen) atoms. The highest BCUT2D eigenvalue weighted by Gasteiger charge is 2.11. The first kappa shape index (κ1) is 23.3. The van der Waals surface area contributed by atoms with Gasteiger partial charge in [0.1, 0.15) is 11.5 Å². The number of hydrogen-bond donors (Lipinski definition) is 1. The Hall–Kier alpha value is -1.70. The van der Waals surface area contributed by atoms with Crippen LogP contribution < -0.4 is 4.74 Å². The summed E-state index contributed by atoms with van der Waals surface area (Å²) in [6.07, 6.45) is 14.1. The number of aryl methyl sites for hydroxylation is 1. The number of rotatable bonds is 13. The lowest BCUT2D eigenvalue weighted by Crippen LogP contribution is -2.01. The minimum absolute atomic E-state index is 0.379. The Bertz CT molecular complexity index is 607. The van der Waals surface area contributed by atoms with Crippen molar-refractivity contribution in [2.45, 2.75) is 92.4 Å². The van der Waals surface area contributed by atoms with Crippen molar-refractivity contribution >= 4 is 0 Å². The van der Waals surface area contributed by atoms with Gasteiger partial charge in [0, 0.05) is 5.56 Å². The predicted octanol–water partition coefficient (Wildman–Crippen LogP) is 7.54. The molecule has 0 saturated carbocycles. The molecule has 0 spiro atoms. The van der Waals surface area contributed by atoms with E-state index in [1.54, 1.807) is 0 Å². The molecule has 0 bridgehead atoms. The van der Waals surface area contributed by atoms with Crippen molar-refractivity contribution in [3.8, 4) is 11.5 Å². The van der Waals surface area contributed by atoms with Gasteiger partial charge in [-0.15, -0.1) is 0 Å². The van der Waals surface area contributed by atoms with Gasteiger partial charge in [0.15, 0.2) is 0 Å². The second-order valence-corrected chi connectivity index (χ2v) is 7.83. The van der Waals surface area contributed by atoms with E-state index in [-0.39, 0.29) is 0 Å². The molecule has 0 heterocycles. The molecule has 0 atom stereocenters. The summed E-state index contributed by atoms with van der Waals surface area (Å²) in [5.74, 6) is 1.24. The van der Waals surface area contributed by atoms with Crippen LogP contribution in [0.3, 0.4) is 0 Å². The molecule has 0 fully saturated rings. The molecule has 0 aliphatic carbocycles. The molecule has 0 unspecified atom stereocenters. The van der Waals surface area contributed by atoms with Crippen LogP contribution in [0.2, 0.25) is 0 Å². The number of benzene rings is 1. The van der Waals surface area contributed by atoms with E-state index in [2.05, 4.69) is 52.8 Å². The fourth-order valence-corrected chi connectivity index (χ4v) is 3.04. The molecule has 152 valence electrons. The summed E-state index contributed by atoms with van der Waals surface area (Å²) in [5, 5.41) is 10.6. The van der Waals surface area contributed by atoms with Crippen LogP contribution in [0.4, 0.5) is 0 Å². The number of phenols is 1. The number of unbranched alkanes of at least 4 members (excludes halogenated alkanes) is 3. The Morgan fingerprint density at radius 2 is 1.74 bits per heavy atom. The summed E-state index contributed by atoms with van der Waals surface area (Å²) in [7, 11) is 0. The van der Waals surface area contributed by atoms with E-state index >= 15 is 0 Å². The zero-order chi connectivity index (χ0) is 20.1. The third-order valence-corrected chi connectivity index (χ3v) is 4.82.